The molecule has 0 unspecified atom stereocenters. The van der Waals surface area contributed by atoms with Crippen LogP contribution < -0.4 is 5.32 Å². The average molecular weight is 228 g/mol. The number of aldehydes is 1. The van der Waals surface area contributed by atoms with Crippen molar-refractivity contribution in [2.24, 2.45) is 0 Å². The minimum Gasteiger partial charge on any atom is -0.307 e. The van der Waals surface area contributed by atoms with Crippen molar-refractivity contribution in [2.45, 2.75) is 0 Å². The van der Waals surface area contributed by atoms with Crippen LogP contribution in [0.4, 0.5) is 10.5 Å². The topological polar surface area (TPSA) is 49.4 Å². The summed E-state index contributed by atoms with van der Waals surface area (Å²) in [6, 6.07) is 6.64. The van der Waals surface area contributed by atoms with Crippen LogP contribution in [-0.2, 0) is 0 Å². The molecule has 0 bridgehead atoms. The fraction of sp³-hybridized carbons (Fsp3) is 0.0769. The number of hydrogen-bond acceptors (Lipinski definition) is 2. The van der Waals surface area contributed by atoms with Crippen molar-refractivity contribution in [3.8, 4) is 0 Å². The van der Waals surface area contributed by atoms with Crippen molar-refractivity contribution in [3.63, 3.8) is 0 Å². The number of benzene rings is 1. The molecule has 2 amide bonds. The van der Waals surface area contributed by atoms with Crippen LogP contribution in [0.2, 0.25) is 0 Å². The van der Waals surface area contributed by atoms with Gasteiger partial charge in [-0.3, -0.25) is 9.69 Å². The smallest absolute Gasteiger partial charge is 0.307 e. The van der Waals surface area contributed by atoms with Crippen molar-refractivity contribution in [3.05, 3.63) is 54.3 Å². The van der Waals surface area contributed by atoms with Gasteiger partial charge in [0.1, 0.15) is 0 Å². The average Bonchev–Trinajstić information content (AvgIpc) is 2.40. The van der Waals surface area contributed by atoms with E-state index < -0.39 is 0 Å². The molecular weight excluding hydrogens is 216 g/mol. The summed E-state index contributed by atoms with van der Waals surface area (Å²) in [5.74, 6) is 0. The molecule has 0 atom stereocenters. The van der Waals surface area contributed by atoms with E-state index in [4.69, 9.17) is 0 Å². The van der Waals surface area contributed by atoms with E-state index in [2.05, 4.69) is 5.32 Å². The van der Waals surface area contributed by atoms with E-state index >= 15 is 0 Å². The van der Waals surface area contributed by atoms with Gasteiger partial charge in [-0.2, -0.15) is 0 Å². The van der Waals surface area contributed by atoms with Gasteiger partial charge in [-0.1, -0.05) is 24.3 Å². The van der Waals surface area contributed by atoms with Crippen molar-refractivity contribution in [1.82, 2.24) is 4.90 Å². The molecular formula is C13H12N2O2. The van der Waals surface area contributed by atoms with Crippen LogP contribution in [0.5, 0.6) is 0 Å². The highest BCUT2D eigenvalue weighted by Crippen LogP contribution is 2.13. The van der Waals surface area contributed by atoms with Crippen molar-refractivity contribution < 1.29 is 9.59 Å². The lowest BCUT2D eigenvalue weighted by atomic mass is 10.2. The van der Waals surface area contributed by atoms with Crippen LogP contribution >= 0.6 is 0 Å². The Labute approximate surface area is 99.2 Å². The van der Waals surface area contributed by atoms with Crippen LogP contribution in [0.25, 0.3) is 0 Å². The van der Waals surface area contributed by atoms with Crippen molar-refractivity contribution in [2.75, 3.05) is 11.9 Å². The summed E-state index contributed by atoms with van der Waals surface area (Å²) in [5.41, 5.74) is 0.993. The van der Waals surface area contributed by atoms with Gasteiger partial charge in [0, 0.05) is 18.3 Å². The summed E-state index contributed by atoms with van der Waals surface area (Å²) in [6.07, 6.45) is 7.96. The number of carbonyl (C=O) groups is 2. The number of hydrogen-bond donors (Lipinski definition) is 1. The molecule has 0 radical (unpaired) electrons. The lowest BCUT2D eigenvalue weighted by Gasteiger charge is -2.19. The van der Waals surface area contributed by atoms with Crippen LogP contribution in [0, 0.1) is 0 Å². The summed E-state index contributed by atoms with van der Waals surface area (Å²) in [7, 11) is 0. The Bertz CT molecular complexity index is 492. The zero-order valence-corrected chi connectivity index (χ0v) is 9.17. The van der Waals surface area contributed by atoms with E-state index in [0.29, 0.717) is 17.8 Å². The maximum Gasteiger partial charge on any atom is 0.326 e. The maximum atomic E-state index is 11.8. The number of nitrogens with one attached hydrogen (secondary N) is 1. The highest BCUT2D eigenvalue weighted by Gasteiger charge is 2.12. The van der Waals surface area contributed by atoms with Crippen LogP contribution in [-0.4, -0.2) is 23.8 Å². The Morgan fingerprint density at radius 3 is 2.82 bits per heavy atom. The molecule has 1 aromatic carbocycles. The summed E-state index contributed by atoms with van der Waals surface area (Å²) in [5, 5.41) is 2.70. The SMILES string of the molecule is O=Cc1ccccc1NC(=O)N1C=CC=CC1. The Morgan fingerprint density at radius 1 is 1.29 bits per heavy atom. The highest BCUT2D eigenvalue weighted by atomic mass is 16.2. The standard InChI is InChI=1S/C13H12N2O2/c16-10-11-6-2-3-7-12(11)14-13(17)15-8-4-1-5-9-15/h1-8,10H,9H2,(H,14,17). The first-order valence-electron chi connectivity index (χ1n) is 5.26. The molecule has 0 aromatic heterocycles. The predicted molar refractivity (Wildman–Crippen MR) is 65.8 cm³/mol. The van der Waals surface area contributed by atoms with E-state index in [1.54, 1.807) is 36.5 Å². The number of allylic oxidation sites excluding steroid dienone is 2. The second-order valence-electron chi connectivity index (χ2n) is 3.56. The molecule has 0 saturated carbocycles. The third-order valence-electron chi connectivity index (χ3n) is 2.41. The van der Waals surface area contributed by atoms with Crippen LogP contribution in [0.3, 0.4) is 0 Å². The fourth-order valence-electron chi connectivity index (χ4n) is 1.52. The molecule has 17 heavy (non-hydrogen) atoms. The molecule has 1 aliphatic heterocycles. The minimum atomic E-state index is -0.250. The third-order valence-corrected chi connectivity index (χ3v) is 2.41. The molecule has 0 saturated heterocycles. The molecule has 1 aliphatic rings. The molecule has 2 rings (SSSR count). The van der Waals surface area contributed by atoms with Crippen molar-refractivity contribution >= 4 is 18.0 Å². The van der Waals surface area contributed by atoms with E-state index in [0.717, 1.165) is 6.29 Å². The van der Waals surface area contributed by atoms with Gasteiger partial charge in [0.05, 0.1) is 5.69 Å². The van der Waals surface area contributed by atoms with E-state index in [9.17, 15) is 9.59 Å². The van der Waals surface area contributed by atoms with Gasteiger partial charge in [-0.25, -0.2) is 4.79 Å². The second-order valence-corrected chi connectivity index (χ2v) is 3.56. The van der Waals surface area contributed by atoms with Gasteiger partial charge in [0.15, 0.2) is 6.29 Å². The number of anilines is 1. The van der Waals surface area contributed by atoms with Crippen molar-refractivity contribution in [1.29, 1.82) is 0 Å². The minimum absolute atomic E-state index is 0.250. The normalized spacial score (nSPS) is 13.5. The van der Waals surface area contributed by atoms with Gasteiger partial charge in [-0.05, 0) is 18.2 Å². The lowest BCUT2D eigenvalue weighted by molar-refractivity contribution is 0.112. The van der Waals surface area contributed by atoms with E-state index in [-0.39, 0.29) is 6.03 Å². The number of carbonyl (C=O) groups excluding carboxylic acids is 2. The first kappa shape index (κ1) is 11.1. The molecule has 1 heterocycles. The molecule has 1 aromatic rings. The zero-order valence-electron chi connectivity index (χ0n) is 9.17. The number of para-hydroxylation sites is 1. The Balaban J connectivity index is 2.10. The molecule has 0 spiro atoms. The quantitative estimate of drug-likeness (QED) is 0.790. The molecule has 86 valence electrons. The van der Waals surface area contributed by atoms with Gasteiger partial charge in [0.2, 0.25) is 0 Å². The van der Waals surface area contributed by atoms with E-state index in [1.165, 1.54) is 4.90 Å². The van der Waals surface area contributed by atoms with Gasteiger partial charge < -0.3 is 5.32 Å². The second kappa shape index (κ2) is 5.12. The first-order valence-corrected chi connectivity index (χ1v) is 5.26. The predicted octanol–water partition coefficient (Wildman–Crippen LogP) is 2.42. The highest BCUT2D eigenvalue weighted by molar-refractivity contribution is 5.95. The summed E-state index contributed by atoms with van der Waals surface area (Å²) in [4.78, 5) is 24.2. The number of nitrogens with zero attached hydrogens (tertiary/aromatic N) is 1. The van der Waals surface area contributed by atoms with Gasteiger partial charge in [0.25, 0.3) is 0 Å². The lowest BCUT2D eigenvalue weighted by Crippen LogP contribution is -2.31. The largest absolute Gasteiger partial charge is 0.326 e. The molecule has 4 heteroatoms. The van der Waals surface area contributed by atoms with Crippen LogP contribution in [0.1, 0.15) is 10.4 Å². The Kier molecular flexibility index (Phi) is 3.35. The Morgan fingerprint density at radius 2 is 2.12 bits per heavy atom. The Hall–Kier alpha value is -2.36. The zero-order chi connectivity index (χ0) is 12.1. The number of rotatable bonds is 2. The summed E-state index contributed by atoms with van der Waals surface area (Å²) >= 11 is 0. The molecule has 0 aliphatic carbocycles. The number of amides is 2. The maximum absolute atomic E-state index is 11.8. The number of urea groups is 1. The van der Waals surface area contributed by atoms with Gasteiger partial charge in [-0.15, -0.1) is 0 Å². The molecule has 0 fully saturated rings. The third kappa shape index (κ3) is 2.60. The van der Waals surface area contributed by atoms with Gasteiger partial charge >= 0.3 is 6.03 Å². The van der Waals surface area contributed by atoms with Crippen LogP contribution in [0.15, 0.2) is 48.7 Å². The summed E-state index contributed by atoms with van der Waals surface area (Å²) in [6.45, 7) is 0.533. The fourth-order valence-corrected chi connectivity index (χ4v) is 1.52. The first-order chi connectivity index (χ1) is 8.31. The molecule has 4 nitrogen and oxygen atoms in total. The molecule has 1 N–H and O–H groups in total. The van der Waals surface area contributed by atoms with E-state index in [1.807, 2.05) is 12.2 Å². The summed E-state index contributed by atoms with van der Waals surface area (Å²) < 4.78 is 0. The monoisotopic (exact) mass is 228 g/mol.